The minimum absolute atomic E-state index is 0. The van der Waals surface area contributed by atoms with Crippen molar-refractivity contribution in [3.8, 4) is 11.5 Å². The monoisotopic (exact) mass is 506 g/mol. The van der Waals surface area contributed by atoms with Gasteiger partial charge < -0.3 is 29.3 Å². The van der Waals surface area contributed by atoms with Gasteiger partial charge in [0, 0.05) is 33.2 Å². The second kappa shape index (κ2) is 12.5. The number of methoxy groups -OCH3 is 1. The van der Waals surface area contributed by atoms with Crippen LogP contribution in [0.1, 0.15) is 13.8 Å². The SMILES string of the molecule is CCOC(=O)N1CCN(C(=NC)NCC(C)Oc2ccc(OC)cc2)CC1.I. The summed E-state index contributed by atoms with van der Waals surface area (Å²) < 4.78 is 16.1. The number of halogens is 1. The van der Waals surface area contributed by atoms with E-state index in [1.54, 1.807) is 19.1 Å². The third-order valence-corrected chi connectivity index (χ3v) is 4.26. The third-order valence-electron chi connectivity index (χ3n) is 4.26. The second-order valence-corrected chi connectivity index (χ2v) is 6.21. The molecule has 1 fully saturated rings. The Kier molecular flexibility index (Phi) is 10.8. The Bertz CT molecular complexity index is 619. The Hall–Kier alpha value is -1.91. The summed E-state index contributed by atoms with van der Waals surface area (Å²) in [6.45, 7) is 7.51. The summed E-state index contributed by atoms with van der Waals surface area (Å²) in [4.78, 5) is 20.0. The van der Waals surface area contributed by atoms with Crippen LogP contribution in [0.15, 0.2) is 29.3 Å². The summed E-state index contributed by atoms with van der Waals surface area (Å²) in [6, 6.07) is 7.52. The van der Waals surface area contributed by atoms with Gasteiger partial charge in [-0.25, -0.2) is 4.79 Å². The van der Waals surface area contributed by atoms with Crippen LogP contribution in [0.3, 0.4) is 0 Å². The number of guanidine groups is 1. The standard InChI is InChI=1S/C19H30N4O4.HI/c1-5-26-19(24)23-12-10-22(11-13-23)18(20-3)21-14-15(2)27-17-8-6-16(25-4)7-9-17;/h6-9,15H,5,10-14H2,1-4H3,(H,20,21);1H. The smallest absolute Gasteiger partial charge is 0.409 e. The fraction of sp³-hybridized carbons (Fsp3) is 0.579. The number of ether oxygens (including phenoxy) is 3. The highest BCUT2D eigenvalue weighted by molar-refractivity contribution is 14.0. The summed E-state index contributed by atoms with van der Waals surface area (Å²) in [6.07, 6.45) is -0.280. The Morgan fingerprint density at radius 3 is 2.25 bits per heavy atom. The van der Waals surface area contributed by atoms with Gasteiger partial charge >= 0.3 is 6.09 Å². The lowest BCUT2D eigenvalue weighted by Crippen LogP contribution is -2.54. The molecule has 0 spiro atoms. The van der Waals surface area contributed by atoms with Crippen LogP contribution in [0, 0.1) is 0 Å². The van der Waals surface area contributed by atoms with Gasteiger partial charge in [0.1, 0.15) is 17.6 Å². The van der Waals surface area contributed by atoms with Crippen LogP contribution in [0.5, 0.6) is 11.5 Å². The number of nitrogens with zero attached hydrogens (tertiary/aromatic N) is 3. The molecular formula is C19H31IN4O4. The molecule has 1 amide bonds. The summed E-state index contributed by atoms with van der Waals surface area (Å²) in [5.74, 6) is 2.40. The normalized spacial score (nSPS) is 15.4. The molecule has 1 aliphatic heterocycles. The van der Waals surface area contributed by atoms with Crippen LogP contribution in [-0.4, -0.2) is 81.4 Å². The first-order chi connectivity index (χ1) is 13.1. The lowest BCUT2D eigenvalue weighted by molar-refractivity contribution is 0.0913. The zero-order chi connectivity index (χ0) is 19.6. The predicted molar refractivity (Wildman–Crippen MR) is 120 cm³/mol. The van der Waals surface area contributed by atoms with E-state index in [4.69, 9.17) is 14.2 Å². The fourth-order valence-corrected chi connectivity index (χ4v) is 2.81. The van der Waals surface area contributed by atoms with Crippen LogP contribution < -0.4 is 14.8 Å². The summed E-state index contributed by atoms with van der Waals surface area (Å²) in [5.41, 5.74) is 0. The van der Waals surface area contributed by atoms with E-state index in [2.05, 4.69) is 15.2 Å². The highest BCUT2D eigenvalue weighted by Crippen LogP contribution is 2.18. The lowest BCUT2D eigenvalue weighted by Gasteiger charge is -2.36. The zero-order valence-corrected chi connectivity index (χ0v) is 19.3. The van der Waals surface area contributed by atoms with Gasteiger partial charge in [0.2, 0.25) is 0 Å². The number of benzene rings is 1. The summed E-state index contributed by atoms with van der Waals surface area (Å²) >= 11 is 0. The van der Waals surface area contributed by atoms with Gasteiger partial charge in [-0.05, 0) is 38.1 Å². The van der Waals surface area contributed by atoms with E-state index >= 15 is 0 Å². The highest BCUT2D eigenvalue weighted by atomic mass is 127. The number of hydrogen-bond donors (Lipinski definition) is 1. The third kappa shape index (κ3) is 7.25. The topological polar surface area (TPSA) is 75.6 Å². The van der Waals surface area contributed by atoms with E-state index in [-0.39, 0.29) is 36.2 Å². The van der Waals surface area contributed by atoms with E-state index < -0.39 is 0 Å². The zero-order valence-electron chi connectivity index (χ0n) is 17.0. The second-order valence-electron chi connectivity index (χ2n) is 6.21. The molecule has 1 heterocycles. The van der Waals surface area contributed by atoms with E-state index in [0.717, 1.165) is 17.5 Å². The number of nitrogens with one attached hydrogen (secondary N) is 1. The predicted octanol–water partition coefficient (Wildman–Crippen LogP) is 2.43. The van der Waals surface area contributed by atoms with E-state index in [1.165, 1.54) is 0 Å². The lowest BCUT2D eigenvalue weighted by atomic mass is 10.3. The van der Waals surface area contributed by atoms with E-state index in [9.17, 15) is 4.79 Å². The minimum Gasteiger partial charge on any atom is -0.497 e. The molecule has 28 heavy (non-hydrogen) atoms. The molecular weight excluding hydrogens is 475 g/mol. The maximum Gasteiger partial charge on any atom is 0.409 e. The van der Waals surface area contributed by atoms with Crippen molar-refractivity contribution >= 4 is 36.0 Å². The molecule has 1 aromatic carbocycles. The average molecular weight is 506 g/mol. The maximum absolute atomic E-state index is 11.8. The fourth-order valence-electron chi connectivity index (χ4n) is 2.81. The first-order valence-corrected chi connectivity index (χ1v) is 9.25. The van der Waals surface area contributed by atoms with Crippen LogP contribution in [0.25, 0.3) is 0 Å². The van der Waals surface area contributed by atoms with Crippen LogP contribution >= 0.6 is 24.0 Å². The van der Waals surface area contributed by atoms with E-state index in [0.29, 0.717) is 39.3 Å². The van der Waals surface area contributed by atoms with Crippen LogP contribution in [0.2, 0.25) is 0 Å². The van der Waals surface area contributed by atoms with Crippen molar-refractivity contribution in [1.82, 2.24) is 15.1 Å². The highest BCUT2D eigenvalue weighted by Gasteiger charge is 2.23. The van der Waals surface area contributed by atoms with Crippen molar-refractivity contribution in [3.63, 3.8) is 0 Å². The van der Waals surface area contributed by atoms with Gasteiger partial charge in [-0.15, -0.1) is 24.0 Å². The molecule has 1 unspecified atom stereocenters. The molecule has 1 atom stereocenters. The quantitative estimate of drug-likeness (QED) is 0.363. The molecule has 0 bridgehead atoms. The van der Waals surface area contributed by atoms with Gasteiger partial charge in [0.05, 0.1) is 20.3 Å². The number of aliphatic imine (C=N–C) groups is 1. The van der Waals surface area contributed by atoms with E-state index in [1.807, 2.05) is 38.1 Å². The Morgan fingerprint density at radius 1 is 1.14 bits per heavy atom. The Labute approximate surface area is 184 Å². The molecule has 0 aromatic heterocycles. The Balaban J connectivity index is 0.00000392. The molecule has 2 rings (SSSR count). The molecule has 1 N–H and O–H groups in total. The first kappa shape index (κ1) is 24.1. The minimum atomic E-state index is -0.249. The Morgan fingerprint density at radius 2 is 1.71 bits per heavy atom. The van der Waals surface area contributed by atoms with Crippen molar-refractivity contribution in [3.05, 3.63) is 24.3 Å². The number of carbonyl (C=O) groups is 1. The summed E-state index contributed by atoms with van der Waals surface area (Å²) in [5, 5.41) is 3.34. The molecule has 8 nitrogen and oxygen atoms in total. The van der Waals surface area contributed by atoms with Crippen molar-refractivity contribution in [2.75, 3.05) is 53.5 Å². The van der Waals surface area contributed by atoms with Crippen molar-refractivity contribution in [2.24, 2.45) is 4.99 Å². The average Bonchev–Trinajstić information content (AvgIpc) is 2.69. The van der Waals surface area contributed by atoms with Crippen molar-refractivity contribution in [1.29, 1.82) is 0 Å². The van der Waals surface area contributed by atoms with Gasteiger partial charge in [0.15, 0.2) is 5.96 Å². The molecule has 9 heteroatoms. The molecule has 0 radical (unpaired) electrons. The first-order valence-electron chi connectivity index (χ1n) is 9.25. The summed E-state index contributed by atoms with van der Waals surface area (Å²) in [7, 11) is 3.40. The van der Waals surface area contributed by atoms with Gasteiger partial charge in [-0.3, -0.25) is 4.99 Å². The molecule has 0 aliphatic carbocycles. The molecule has 1 saturated heterocycles. The van der Waals surface area contributed by atoms with Gasteiger partial charge in [-0.1, -0.05) is 0 Å². The number of hydrogen-bond acceptors (Lipinski definition) is 5. The molecule has 1 aromatic rings. The number of piperazine rings is 1. The van der Waals surface area contributed by atoms with Crippen molar-refractivity contribution < 1.29 is 19.0 Å². The molecule has 1 aliphatic rings. The largest absolute Gasteiger partial charge is 0.497 e. The number of carbonyl (C=O) groups excluding carboxylic acids is 1. The van der Waals surface area contributed by atoms with Crippen molar-refractivity contribution in [2.45, 2.75) is 20.0 Å². The number of rotatable bonds is 6. The van der Waals surface area contributed by atoms with Crippen LogP contribution in [0.4, 0.5) is 4.79 Å². The number of amides is 1. The maximum atomic E-state index is 11.8. The van der Waals surface area contributed by atoms with Gasteiger partial charge in [0.25, 0.3) is 0 Å². The van der Waals surface area contributed by atoms with Gasteiger partial charge in [-0.2, -0.15) is 0 Å². The molecule has 0 saturated carbocycles. The molecule has 158 valence electrons. The van der Waals surface area contributed by atoms with Crippen LogP contribution in [-0.2, 0) is 4.74 Å².